The number of fused-ring (bicyclic) bond motifs is 1. The van der Waals surface area contributed by atoms with Crippen LogP contribution in [-0.2, 0) is 12.2 Å². The molecule has 1 aromatic carbocycles. The first-order valence-electron chi connectivity index (χ1n) is 7.44. The van der Waals surface area contributed by atoms with Crippen molar-refractivity contribution in [1.29, 1.82) is 0 Å². The molecule has 0 aliphatic carbocycles. The number of aryl methyl sites for hydroxylation is 1. The van der Waals surface area contributed by atoms with E-state index in [2.05, 4.69) is 34.4 Å². The minimum atomic E-state index is -0.0959. The average molecular weight is 343 g/mol. The third-order valence-corrected chi connectivity index (χ3v) is 5.20. The van der Waals surface area contributed by atoms with Gasteiger partial charge in [-0.1, -0.05) is 60.7 Å². The topological polar surface area (TPSA) is 47.3 Å². The van der Waals surface area contributed by atoms with Crippen molar-refractivity contribution in [2.24, 2.45) is 0 Å². The summed E-state index contributed by atoms with van der Waals surface area (Å²) in [6.07, 6.45) is 5.06. The lowest BCUT2D eigenvalue weighted by Crippen LogP contribution is -2.15. The van der Waals surface area contributed by atoms with Crippen molar-refractivity contribution in [3.63, 3.8) is 0 Å². The van der Waals surface area contributed by atoms with Crippen molar-refractivity contribution in [3.05, 3.63) is 69.1 Å². The third-order valence-electron chi connectivity index (χ3n) is 3.22. The van der Waals surface area contributed by atoms with Crippen molar-refractivity contribution in [2.45, 2.75) is 19.1 Å². The summed E-state index contributed by atoms with van der Waals surface area (Å²) >= 11 is 3.23. The monoisotopic (exact) mass is 343 g/mol. The second kappa shape index (κ2) is 7.57. The molecular weight excluding hydrogens is 326 g/mol. The molecule has 0 N–H and O–H groups in total. The molecule has 23 heavy (non-hydrogen) atoms. The summed E-state index contributed by atoms with van der Waals surface area (Å²) in [5, 5.41) is 5.19. The molecule has 3 aromatic rings. The van der Waals surface area contributed by atoms with Crippen molar-refractivity contribution in [1.82, 2.24) is 14.6 Å². The molecule has 0 atom stereocenters. The van der Waals surface area contributed by atoms with E-state index < -0.39 is 0 Å². The second-order valence-electron chi connectivity index (χ2n) is 4.96. The molecule has 0 unspecified atom stereocenters. The zero-order chi connectivity index (χ0) is 16.1. The molecule has 0 radical (unpaired) electrons. The van der Waals surface area contributed by atoms with Gasteiger partial charge in [0, 0.05) is 17.6 Å². The lowest BCUT2D eigenvalue weighted by atomic mass is 10.2. The van der Waals surface area contributed by atoms with Gasteiger partial charge in [-0.05, 0) is 12.0 Å². The Morgan fingerprint density at radius 2 is 2.13 bits per heavy atom. The molecule has 4 nitrogen and oxygen atoms in total. The molecule has 2 heterocycles. The maximum absolute atomic E-state index is 12.0. The molecule has 0 aliphatic heterocycles. The largest absolute Gasteiger partial charge is 0.275 e. The van der Waals surface area contributed by atoms with Gasteiger partial charge in [-0.3, -0.25) is 4.79 Å². The number of nitrogens with zero attached hydrogens (tertiary/aromatic N) is 3. The number of aromatic nitrogens is 3. The minimum absolute atomic E-state index is 0.0959. The predicted molar refractivity (Wildman–Crippen MR) is 98.2 cm³/mol. The van der Waals surface area contributed by atoms with Gasteiger partial charge in [-0.25, -0.2) is 4.98 Å². The fraction of sp³-hybridized carbons (Fsp3) is 0.235. The predicted octanol–water partition coefficient (Wildman–Crippen LogP) is 3.66. The Morgan fingerprint density at radius 1 is 1.30 bits per heavy atom. The zero-order valence-electron chi connectivity index (χ0n) is 12.8. The van der Waals surface area contributed by atoms with Gasteiger partial charge in [0.15, 0.2) is 0 Å². The maximum Gasteiger partial charge on any atom is 0.275 e. The van der Waals surface area contributed by atoms with Gasteiger partial charge in [-0.2, -0.15) is 21.4 Å². The highest BCUT2D eigenvalue weighted by molar-refractivity contribution is 7.98. The summed E-state index contributed by atoms with van der Waals surface area (Å²) in [5.41, 5.74) is 1.92. The van der Waals surface area contributed by atoms with Gasteiger partial charge < -0.3 is 0 Å². The van der Waals surface area contributed by atoms with Gasteiger partial charge in [0.1, 0.15) is 5.01 Å². The van der Waals surface area contributed by atoms with Crippen molar-refractivity contribution in [3.8, 4) is 0 Å². The maximum atomic E-state index is 12.0. The second-order valence-corrected chi connectivity index (χ2v) is 7.03. The zero-order valence-corrected chi connectivity index (χ0v) is 14.4. The van der Waals surface area contributed by atoms with E-state index in [1.54, 1.807) is 17.8 Å². The Hall–Kier alpha value is -1.92. The first-order valence-corrected chi connectivity index (χ1v) is 9.41. The summed E-state index contributed by atoms with van der Waals surface area (Å²) in [6, 6.07) is 11.8. The number of hydrogen-bond acceptors (Lipinski definition) is 5. The molecule has 0 saturated carbocycles. The van der Waals surface area contributed by atoms with Gasteiger partial charge >= 0.3 is 0 Å². The van der Waals surface area contributed by atoms with E-state index in [9.17, 15) is 4.79 Å². The highest BCUT2D eigenvalue weighted by atomic mass is 32.2. The first kappa shape index (κ1) is 16.0. The number of rotatable bonds is 6. The van der Waals surface area contributed by atoms with E-state index in [0.717, 1.165) is 28.6 Å². The first-order chi connectivity index (χ1) is 11.3. The molecule has 0 spiro atoms. The van der Waals surface area contributed by atoms with Crippen LogP contribution in [0.25, 0.3) is 11.0 Å². The molecule has 0 fully saturated rings. The van der Waals surface area contributed by atoms with E-state index >= 15 is 0 Å². The van der Waals surface area contributed by atoms with Gasteiger partial charge in [0.05, 0.1) is 5.69 Å². The van der Waals surface area contributed by atoms with Crippen LogP contribution in [0.2, 0.25) is 0 Å². The van der Waals surface area contributed by atoms with E-state index in [0.29, 0.717) is 4.96 Å². The smallest absolute Gasteiger partial charge is 0.267 e. The van der Waals surface area contributed by atoms with Gasteiger partial charge in [0.2, 0.25) is 4.96 Å². The average Bonchev–Trinajstić information content (AvgIpc) is 2.99. The van der Waals surface area contributed by atoms with E-state index in [1.165, 1.54) is 21.4 Å². The molecule has 0 saturated heterocycles. The van der Waals surface area contributed by atoms with E-state index in [4.69, 9.17) is 0 Å². The minimum Gasteiger partial charge on any atom is -0.267 e. The van der Waals surface area contributed by atoms with Crippen LogP contribution in [0.4, 0.5) is 0 Å². The summed E-state index contributed by atoms with van der Waals surface area (Å²) in [4.78, 5) is 17.3. The SMILES string of the molecule is CCc1nn2c(=O)cc(CSC/C=C/c3ccccc3)nc2s1. The van der Waals surface area contributed by atoms with Crippen LogP contribution in [0.1, 0.15) is 23.2 Å². The van der Waals surface area contributed by atoms with Crippen LogP contribution in [0, 0.1) is 0 Å². The van der Waals surface area contributed by atoms with Crippen molar-refractivity contribution in [2.75, 3.05) is 5.75 Å². The quantitative estimate of drug-likeness (QED) is 0.641. The van der Waals surface area contributed by atoms with Gasteiger partial charge in [0.25, 0.3) is 5.56 Å². The molecule has 0 amide bonds. The molecule has 2 aromatic heterocycles. The summed E-state index contributed by atoms with van der Waals surface area (Å²) in [5.74, 6) is 1.61. The normalized spacial score (nSPS) is 11.5. The molecule has 0 aliphatic rings. The number of thioether (sulfide) groups is 1. The van der Waals surface area contributed by atoms with Gasteiger partial charge in [-0.15, -0.1) is 0 Å². The van der Waals surface area contributed by atoms with Crippen LogP contribution in [-0.4, -0.2) is 20.4 Å². The molecular formula is C17H17N3OS2. The Morgan fingerprint density at radius 3 is 2.91 bits per heavy atom. The molecule has 0 bridgehead atoms. The Bertz CT molecular complexity index is 868. The van der Waals surface area contributed by atoms with Crippen molar-refractivity contribution < 1.29 is 0 Å². The molecule has 118 valence electrons. The lowest BCUT2D eigenvalue weighted by Gasteiger charge is -1.98. The van der Waals surface area contributed by atoms with E-state index in [1.807, 2.05) is 25.1 Å². The summed E-state index contributed by atoms with van der Waals surface area (Å²) in [7, 11) is 0. The molecule has 6 heteroatoms. The lowest BCUT2D eigenvalue weighted by molar-refractivity contribution is 0.852. The van der Waals surface area contributed by atoms with Crippen LogP contribution >= 0.6 is 23.1 Å². The summed E-state index contributed by atoms with van der Waals surface area (Å²) in [6.45, 7) is 2.03. The van der Waals surface area contributed by atoms with E-state index in [-0.39, 0.29) is 5.56 Å². The highest BCUT2D eigenvalue weighted by Gasteiger charge is 2.07. The summed E-state index contributed by atoms with van der Waals surface area (Å²) < 4.78 is 1.40. The van der Waals surface area contributed by atoms with Crippen LogP contribution in [0.15, 0.2) is 47.3 Å². The number of hydrogen-bond donors (Lipinski definition) is 0. The standard InChI is InChI=1S/C17H17N3OS2/c1-2-15-19-20-16(21)11-14(18-17(20)23-15)12-22-10-6-9-13-7-4-3-5-8-13/h3-9,11H,2,10,12H2,1H3/b9-6+. The van der Waals surface area contributed by atoms with Crippen molar-refractivity contribution >= 4 is 34.1 Å². The Balaban J connectivity index is 1.61. The fourth-order valence-electron chi connectivity index (χ4n) is 2.09. The fourth-order valence-corrected chi connectivity index (χ4v) is 3.66. The Kier molecular flexibility index (Phi) is 5.25. The van der Waals surface area contributed by atoms with Crippen LogP contribution in [0.3, 0.4) is 0 Å². The van der Waals surface area contributed by atoms with Crippen LogP contribution in [0.5, 0.6) is 0 Å². The molecule has 3 rings (SSSR count). The highest BCUT2D eigenvalue weighted by Crippen LogP contribution is 2.15. The Labute approximate surface area is 142 Å². The number of benzene rings is 1. The van der Waals surface area contributed by atoms with Crippen LogP contribution < -0.4 is 5.56 Å². The third kappa shape index (κ3) is 4.09.